The molecule has 0 atom stereocenters. The second-order valence-corrected chi connectivity index (χ2v) is 3.75. The van der Waals surface area contributed by atoms with Crippen molar-refractivity contribution in [2.75, 3.05) is 5.33 Å². The third kappa shape index (κ3) is 4.39. The van der Waals surface area contributed by atoms with Crippen LogP contribution in [0.5, 0.6) is 0 Å². The molecule has 1 aromatic heterocycles. The van der Waals surface area contributed by atoms with E-state index in [1.165, 1.54) is 13.0 Å². The number of Topliss-reactive ketones (excluding diaryl/α,β-unsaturated/α-hetero) is 1. The lowest BCUT2D eigenvalue weighted by molar-refractivity contribution is -0.117. The van der Waals surface area contributed by atoms with Crippen LogP contribution < -0.4 is 10.6 Å². The van der Waals surface area contributed by atoms with E-state index < -0.39 is 11.9 Å². The normalized spacial score (nSPS) is 9.76. The minimum absolute atomic E-state index is 0.106. The van der Waals surface area contributed by atoms with Crippen LogP contribution in [0.4, 0.5) is 4.79 Å². The molecule has 0 bridgehead atoms. The van der Waals surface area contributed by atoms with Gasteiger partial charge >= 0.3 is 6.03 Å². The molecule has 0 aliphatic heterocycles. The maximum Gasteiger partial charge on any atom is 0.321 e. The highest BCUT2D eigenvalue weighted by atomic mass is 79.9. The number of halogens is 1. The Bertz CT molecular complexity index is 441. The van der Waals surface area contributed by atoms with Crippen LogP contribution in [0.1, 0.15) is 23.2 Å². The van der Waals surface area contributed by atoms with Gasteiger partial charge in [0.1, 0.15) is 5.76 Å². The fourth-order valence-electron chi connectivity index (χ4n) is 1.06. The molecule has 1 rings (SSSR count). The van der Waals surface area contributed by atoms with Crippen LogP contribution in [0.3, 0.4) is 0 Å². The number of ketones is 1. The van der Waals surface area contributed by atoms with Gasteiger partial charge in [0.15, 0.2) is 5.76 Å². The molecule has 0 radical (unpaired) electrons. The molecule has 0 unspecified atom stereocenters. The van der Waals surface area contributed by atoms with Crippen molar-refractivity contribution in [1.82, 2.24) is 10.6 Å². The third-order valence-electron chi connectivity index (χ3n) is 1.77. The summed E-state index contributed by atoms with van der Waals surface area (Å²) in [4.78, 5) is 32.8. The summed E-state index contributed by atoms with van der Waals surface area (Å²) in [5.74, 6) is 0.0418. The van der Waals surface area contributed by atoms with E-state index in [9.17, 15) is 14.4 Å². The zero-order chi connectivity index (χ0) is 12.8. The Morgan fingerprint density at radius 1 is 1.35 bits per heavy atom. The van der Waals surface area contributed by atoms with Crippen molar-refractivity contribution in [1.29, 1.82) is 0 Å². The van der Waals surface area contributed by atoms with Gasteiger partial charge in [0.05, 0.1) is 11.9 Å². The number of hydrogen-bond donors (Lipinski definition) is 2. The standard InChI is InChI=1S/C10H11BrN2O4/c1-6(14)13-10(16)12-5-7-2-3-9(17-7)8(15)4-11/h2-3H,4-5H2,1H3,(H2,12,13,14,16). The summed E-state index contributed by atoms with van der Waals surface area (Å²) >= 11 is 3.02. The molecule has 0 aliphatic carbocycles. The number of alkyl halides is 1. The molecular weight excluding hydrogens is 292 g/mol. The lowest BCUT2D eigenvalue weighted by Crippen LogP contribution is -2.37. The predicted octanol–water partition coefficient (Wildman–Crippen LogP) is 1.20. The highest BCUT2D eigenvalue weighted by Gasteiger charge is 2.10. The number of urea groups is 1. The maximum absolute atomic E-state index is 11.2. The Kier molecular flexibility index (Phi) is 4.89. The first-order valence-corrected chi connectivity index (χ1v) is 5.88. The Labute approximate surface area is 106 Å². The second-order valence-electron chi connectivity index (χ2n) is 3.19. The highest BCUT2D eigenvalue weighted by molar-refractivity contribution is 9.09. The van der Waals surface area contributed by atoms with E-state index in [4.69, 9.17) is 4.42 Å². The van der Waals surface area contributed by atoms with Crippen molar-refractivity contribution in [3.63, 3.8) is 0 Å². The third-order valence-corrected chi connectivity index (χ3v) is 2.28. The molecule has 0 aromatic carbocycles. The molecule has 0 saturated carbocycles. The number of furan rings is 1. The Morgan fingerprint density at radius 2 is 2.06 bits per heavy atom. The van der Waals surface area contributed by atoms with Crippen LogP contribution in [-0.4, -0.2) is 23.1 Å². The van der Waals surface area contributed by atoms with Crippen molar-refractivity contribution in [2.24, 2.45) is 0 Å². The van der Waals surface area contributed by atoms with Crippen LogP contribution in [-0.2, 0) is 11.3 Å². The average Bonchev–Trinajstić information content (AvgIpc) is 2.73. The van der Waals surface area contributed by atoms with Gasteiger partial charge in [0.25, 0.3) is 0 Å². The quantitative estimate of drug-likeness (QED) is 0.646. The number of carbonyl (C=O) groups is 3. The maximum atomic E-state index is 11.2. The summed E-state index contributed by atoms with van der Waals surface area (Å²) in [7, 11) is 0. The summed E-state index contributed by atoms with van der Waals surface area (Å²) in [6.07, 6.45) is 0. The summed E-state index contributed by atoms with van der Waals surface area (Å²) in [5.41, 5.74) is 0. The van der Waals surface area contributed by atoms with Gasteiger partial charge in [-0.05, 0) is 12.1 Å². The Balaban J connectivity index is 2.47. The van der Waals surface area contributed by atoms with E-state index in [0.717, 1.165) is 0 Å². The number of imide groups is 1. The first-order valence-electron chi connectivity index (χ1n) is 4.76. The minimum atomic E-state index is -0.609. The average molecular weight is 303 g/mol. The van der Waals surface area contributed by atoms with Gasteiger partial charge < -0.3 is 9.73 Å². The number of amides is 3. The molecule has 0 aliphatic rings. The fourth-order valence-corrected chi connectivity index (χ4v) is 1.34. The van der Waals surface area contributed by atoms with Crippen molar-refractivity contribution >= 4 is 33.7 Å². The van der Waals surface area contributed by atoms with Crippen molar-refractivity contribution < 1.29 is 18.8 Å². The largest absolute Gasteiger partial charge is 0.456 e. The summed E-state index contributed by atoms with van der Waals surface area (Å²) in [5, 5.41) is 4.64. The van der Waals surface area contributed by atoms with Crippen LogP contribution in [0.25, 0.3) is 0 Å². The van der Waals surface area contributed by atoms with Gasteiger partial charge in [-0.2, -0.15) is 0 Å². The minimum Gasteiger partial charge on any atom is -0.456 e. The number of hydrogen-bond acceptors (Lipinski definition) is 4. The topological polar surface area (TPSA) is 88.4 Å². The van der Waals surface area contributed by atoms with Gasteiger partial charge in [-0.25, -0.2) is 4.79 Å². The molecule has 0 fully saturated rings. The SMILES string of the molecule is CC(=O)NC(=O)NCc1ccc(C(=O)CBr)o1. The molecular formula is C10H11BrN2O4. The fraction of sp³-hybridized carbons (Fsp3) is 0.300. The summed E-state index contributed by atoms with van der Waals surface area (Å²) in [6.45, 7) is 1.34. The first kappa shape index (κ1) is 13.4. The molecule has 3 amide bonds. The van der Waals surface area contributed by atoms with Crippen LogP contribution in [0.15, 0.2) is 16.5 Å². The van der Waals surface area contributed by atoms with E-state index in [0.29, 0.717) is 5.76 Å². The molecule has 1 aromatic rings. The summed E-state index contributed by atoms with van der Waals surface area (Å²) < 4.78 is 5.18. The summed E-state index contributed by atoms with van der Waals surface area (Å²) in [6, 6.07) is 2.51. The monoisotopic (exact) mass is 302 g/mol. The zero-order valence-electron chi connectivity index (χ0n) is 9.08. The van der Waals surface area contributed by atoms with E-state index >= 15 is 0 Å². The molecule has 17 heavy (non-hydrogen) atoms. The van der Waals surface area contributed by atoms with Gasteiger partial charge in [-0.15, -0.1) is 0 Å². The van der Waals surface area contributed by atoms with Gasteiger partial charge in [0.2, 0.25) is 11.7 Å². The number of nitrogens with one attached hydrogen (secondary N) is 2. The Morgan fingerprint density at radius 3 is 2.65 bits per heavy atom. The molecule has 0 saturated heterocycles. The van der Waals surface area contributed by atoms with Gasteiger partial charge in [0, 0.05) is 6.92 Å². The van der Waals surface area contributed by atoms with Crippen molar-refractivity contribution in [3.05, 3.63) is 23.7 Å². The van der Waals surface area contributed by atoms with Gasteiger partial charge in [-0.3, -0.25) is 14.9 Å². The van der Waals surface area contributed by atoms with Crippen molar-refractivity contribution in [3.8, 4) is 0 Å². The molecule has 1 heterocycles. The Hall–Kier alpha value is -1.63. The molecule has 2 N–H and O–H groups in total. The van der Waals surface area contributed by atoms with E-state index in [1.54, 1.807) is 6.07 Å². The molecule has 0 spiro atoms. The number of rotatable bonds is 4. The zero-order valence-corrected chi connectivity index (χ0v) is 10.7. The number of carbonyl (C=O) groups excluding carboxylic acids is 3. The predicted molar refractivity (Wildman–Crippen MR) is 62.9 cm³/mol. The van der Waals surface area contributed by atoms with Crippen LogP contribution >= 0.6 is 15.9 Å². The van der Waals surface area contributed by atoms with E-state index in [1.807, 2.05) is 5.32 Å². The van der Waals surface area contributed by atoms with E-state index in [2.05, 4.69) is 21.2 Å². The molecule has 7 heteroatoms. The molecule has 92 valence electrons. The lowest BCUT2D eigenvalue weighted by atomic mass is 10.3. The van der Waals surface area contributed by atoms with Crippen molar-refractivity contribution in [2.45, 2.75) is 13.5 Å². The van der Waals surface area contributed by atoms with Gasteiger partial charge in [-0.1, -0.05) is 15.9 Å². The van der Waals surface area contributed by atoms with Crippen LogP contribution in [0, 0.1) is 0 Å². The van der Waals surface area contributed by atoms with Crippen LogP contribution in [0.2, 0.25) is 0 Å². The second kappa shape index (κ2) is 6.19. The molecule has 6 nitrogen and oxygen atoms in total. The lowest BCUT2D eigenvalue weighted by Gasteiger charge is -2.02. The smallest absolute Gasteiger partial charge is 0.321 e. The highest BCUT2D eigenvalue weighted by Crippen LogP contribution is 2.09. The first-order chi connectivity index (χ1) is 8.02. The van der Waals surface area contributed by atoms with E-state index in [-0.39, 0.29) is 23.4 Å².